The van der Waals surface area contributed by atoms with E-state index in [1.165, 1.54) is 17.7 Å². The second-order valence-corrected chi connectivity index (χ2v) is 4.29. The fourth-order valence-electron chi connectivity index (χ4n) is 2.22. The molecule has 0 amide bonds. The van der Waals surface area contributed by atoms with Gasteiger partial charge in [0, 0.05) is 30.2 Å². The Kier molecular flexibility index (Phi) is 2.48. The Morgan fingerprint density at radius 3 is 3.12 bits per heavy atom. The van der Waals surface area contributed by atoms with Gasteiger partial charge in [0.05, 0.1) is 18.1 Å². The molecule has 0 fully saturated rings. The quantitative estimate of drug-likeness (QED) is 0.788. The zero-order valence-electron chi connectivity index (χ0n) is 9.80. The Balaban J connectivity index is 1.96. The van der Waals surface area contributed by atoms with E-state index in [4.69, 9.17) is 0 Å². The highest BCUT2D eigenvalue weighted by molar-refractivity contribution is 5.78. The van der Waals surface area contributed by atoms with Gasteiger partial charge < -0.3 is 0 Å². The van der Waals surface area contributed by atoms with Crippen LogP contribution in [0.3, 0.4) is 0 Å². The van der Waals surface area contributed by atoms with Crippen LogP contribution in [0.5, 0.6) is 0 Å². The molecular weight excluding hydrogens is 212 g/mol. The lowest BCUT2D eigenvalue weighted by Crippen LogP contribution is -1.93. The van der Waals surface area contributed by atoms with Crippen molar-refractivity contribution in [3.8, 4) is 0 Å². The first-order chi connectivity index (χ1) is 8.34. The predicted octanol–water partition coefficient (Wildman–Crippen LogP) is 2.18. The van der Waals surface area contributed by atoms with E-state index < -0.39 is 0 Å². The summed E-state index contributed by atoms with van der Waals surface area (Å²) in [6.45, 7) is 3.11. The maximum Gasteiger partial charge on any atom is 0.0842 e. The SMILES string of the molecule is C/C(=C\c1cnn2c1CCC2)c1cnccn1. The summed E-state index contributed by atoms with van der Waals surface area (Å²) >= 11 is 0. The zero-order valence-corrected chi connectivity index (χ0v) is 9.80. The Morgan fingerprint density at radius 2 is 2.29 bits per heavy atom. The van der Waals surface area contributed by atoms with Gasteiger partial charge in [0.15, 0.2) is 0 Å². The minimum atomic E-state index is 0.922. The predicted molar refractivity (Wildman–Crippen MR) is 66.1 cm³/mol. The molecule has 0 aromatic carbocycles. The summed E-state index contributed by atoms with van der Waals surface area (Å²) in [6, 6.07) is 0. The number of allylic oxidation sites excluding steroid dienone is 1. The van der Waals surface area contributed by atoms with Crippen molar-refractivity contribution >= 4 is 11.6 Å². The summed E-state index contributed by atoms with van der Waals surface area (Å²) in [5.74, 6) is 0. The topological polar surface area (TPSA) is 43.6 Å². The van der Waals surface area contributed by atoms with Gasteiger partial charge >= 0.3 is 0 Å². The molecule has 4 heteroatoms. The lowest BCUT2D eigenvalue weighted by atomic mass is 10.1. The summed E-state index contributed by atoms with van der Waals surface area (Å²) in [7, 11) is 0. The van der Waals surface area contributed by atoms with Crippen molar-refractivity contribution in [2.45, 2.75) is 26.3 Å². The number of aryl methyl sites for hydroxylation is 1. The van der Waals surface area contributed by atoms with E-state index in [0.717, 1.165) is 24.2 Å². The van der Waals surface area contributed by atoms with Crippen molar-refractivity contribution in [2.75, 3.05) is 0 Å². The van der Waals surface area contributed by atoms with E-state index in [-0.39, 0.29) is 0 Å². The van der Waals surface area contributed by atoms with Crippen molar-refractivity contribution in [2.24, 2.45) is 0 Å². The van der Waals surface area contributed by atoms with Gasteiger partial charge in [-0.2, -0.15) is 5.10 Å². The summed E-state index contributed by atoms with van der Waals surface area (Å²) in [6.07, 6.45) is 11.6. The number of rotatable bonds is 2. The van der Waals surface area contributed by atoms with E-state index in [0.29, 0.717) is 0 Å². The van der Waals surface area contributed by atoms with Gasteiger partial charge in [-0.15, -0.1) is 0 Å². The lowest BCUT2D eigenvalue weighted by molar-refractivity contribution is 0.656. The first-order valence-corrected chi connectivity index (χ1v) is 5.84. The molecule has 1 aliphatic heterocycles. The lowest BCUT2D eigenvalue weighted by Gasteiger charge is -1.99. The van der Waals surface area contributed by atoms with Gasteiger partial charge in [0.1, 0.15) is 0 Å². The molecule has 3 heterocycles. The Hall–Kier alpha value is -1.97. The van der Waals surface area contributed by atoms with E-state index in [9.17, 15) is 0 Å². The molecule has 0 aliphatic carbocycles. The first-order valence-electron chi connectivity index (χ1n) is 5.84. The van der Waals surface area contributed by atoms with Crippen LogP contribution in [0.4, 0.5) is 0 Å². The van der Waals surface area contributed by atoms with Gasteiger partial charge in [0.2, 0.25) is 0 Å². The zero-order chi connectivity index (χ0) is 11.7. The van der Waals surface area contributed by atoms with Crippen LogP contribution in [-0.2, 0) is 13.0 Å². The normalized spacial score (nSPS) is 15.0. The Labute approximate surface area is 100 Å². The smallest absolute Gasteiger partial charge is 0.0842 e. The molecule has 0 spiro atoms. The number of aromatic nitrogens is 4. The van der Waals surface area contributed by atoms with E-state index >= 15 is 0 Å². The molecule has 0 radical (unpaired) electrons. The first kappa shape index (κ1) is 10.2. The van der Waals surface area contributed by atoms with Gasteiger partial charge in [-0.25, -0.2) is 0 Å². The summed E-state index contributed by atoms with van der Waals surface area (Å²) in [5.41, 5.74) is 4.60. The maximum atomic E-state index is 4.38. The third kappa shape index (κ3) is 1.86. The van der Waals surface area contributed by atoms with Crippen LogP contribution >= 0.6 is 0 Å². The van der Waals surface area contributed by atoms with Crippen LogP contribution in [0, 0.1) is 0 Å². The fraction of sp³-hybridized carbons (Fsp3) is 0.308. The van der Waals surface area contributed by atoms with Gasteiger partial charge in [0.25, 0.3) is 0 Å². The van der Waals surface area contributed by atoms with Crippen molar-refractivity contribution in [3.63, 3.8) is 0 Å². The Bertz CT molecular complexity index is 554. The second-order valence-electron chi connectivity index (χ2n) is 4.29. The molecule has 0 saturated carbocycles. The molecule has 0 N–H and O–H groups in total. The minimum Gasteiger partial charge on any atom is -0.269 e. The molecule has 0 saturated heterocycles. The van der Waals surface area contributed by atoms with Crippen LogP contribution in [0.25, 0.3) is 11.6 Å². The third-order valence-corrected chi connectivity index (χ3v) is 3.10. The standard InChI is InChI=1S/C13H14N4/c1-10(12-9-14-4-5-15-12)7-11-8-16-17-6-2-3-13(11)17/h4-5,7-9H,2-3,6H2,1H3/b10-7+. The molecule has 0 bridgehead atoms. The van der Waals surface area contributed by atoms with E-state index in [1.807, 2.05) is 6.20 Å². The largest absolute Gasteiger partial charge is 0.269 e. The number of hydrogen-bond acceptors (Lipinski definition) is 3. The van der Waals surface area contributed by atoms with Crippen LogP contribution in [-0.4, -0.2) is 19.7 Å². The van der Waals surface area contributed by atoms with E-state index in [1.54, 1.807) is 18.6 Å². The average Bonchev–Trinajstić information content (AvgIpc) is 2.95. The number of fused-ring (bicyclic) bond motifs is 1. The van der Waals surface area contributed by atoms with Gasteiger partial charge in [-0.3, -0.25) is 14.6 Å². The van der Waals surface area contributed by atoms with Gasteiger partial charge in [-0.1, -0.05) is 0 Å². The molecule has 1 aliphatic rings. The van der Waals surface area contributed by atoms with Crippen LogP contribution in [0.1, 0.15) is 30.3 Å². The maximum absolute atomic E-state index is 4.38. The van der Waals surface area contributed by atoms with Crippen LogP contribution in [0.2, 0.25) is 0 Å². The second kappa shape index (κ2) is 4.13. The fourth-order valence-corrected chi connectivity index (χ4v) is 2.22. The summed E-state index contributed by atoms with van der Waals surface area (Å²) in [5, 5.41) is 4.38. The number of nitrogens with zero attached hydrogens (tertiary/aromatic N) is 4. The highest BCUT2D eigenvalue weighted by Gasteiger charge is 2.14. The third-order valence-electron chi connectivity index (χ3n) is 3.10. The molecule has 3 rings (SSSR count). The molecule has 0 atom stereocenters. The summed E-state index contributed by atoms with van der Waals surface area (Å²) < 4.78 is 2.09. The van der Waals surface area contributed by atoms with E-state index in [2.05, 4.69) is 32.7 Å². The Morgan fingerprint density at radius 1 is 1.35 bits per heavy atom. The van der Waals surface area contributed by atoms with Crippen LogP contribution < -0.4 is 0 Å². The molecule has 17 heavy (non-hydrogen) atoms. The minimum absolute atomic E-state index is 0.922. The molecular formula is C13H14N4. The summed E-state index contributed by atoms with van der Waals surface area (Å²) in [4.78, 5) is 8.38. The van der Waals surface area contributed by atoms with Crippen molar-refractivity contribution in [1.29, 1.82) is 0 Å². The van der Waals surface area contributed by atoms with Crippen molar-refractivity contribution < 1.29 is 0 Å². The molecule has 2 aromatic heterocycles. The number of hydrogen-bond donors (Lipinski definition) is 0. The molecule has 4 nitrogen and oxygen atoms in total. The van der Waals surface area contributed by atoms with Gasteiger partial charge in [-0.05, 0) is 31.4 Å². The monoisotopic (exact) mass is 226 g/mol. The molecule has 0 unspecified atom stereocenters. The average molecular weight is 226 g/mol. The van der Waals surface area contributed by atoms with Crippen molar-refractivity contribution in [1.82, 2.24) is 19.7 Å². The van der Waals surface area contributed by atoms with Crippen molar-refractivity contribution in [3.05, 3.63) is 41.7 Å². The highest BCUT2D eigenvalue weighted by atomic mass is 15.3. The van der Waals surface area contributed by atoms with Crippen LogP contribution in [0.15, 0.2) is 24.8 Å². The highest BCUT2D eigenvalue weighted by Crippen LogP contribution is 2.22. The molecule has 86 valence electrons. The molecule has 2 aromatic rings.